The van der Waals surface area contributed by atoms with Crippen molar-refractivity contribution in [3.8, 4) is 0 Å². The highest BCUT2D eigenvalue weighted by molar-refractivity contribution is 9.10. The molecular formula is C14H17BrClN3O. The van der Waals surface area contributed by atoms with Crippen LogP contribution in [0, 0.1) is 5.92 Å². The third-order valence-electron chi connectivity index (χ3n) is 4.08. The van der Waals surface area contributed by atoms with Gasteiger partial charge in [-0.15, -0.1) is 0 Å². The fourth-order valence-corrected chi connectivity index (χ4v) is 3.50. The van der Waals surface area contributed by atoms with Gasteiger partial charge in [0.05, 0.1) is 23.7 Å². The van der Waals surface area contributed by atoms with E-state index in [9.17, 15) is 0 Å². The second-order valence-corrected chi connectivity index (χ2v) is 6.68. The third-order valence-corrected chi connectivity index (χ3v) is 5.30. The maximum atomic E-state index is 6.14. The van der Waals surface area contributed by atoms with Crippen molar-refractivity contribution in [2.75, 3.05) is 25.2 Å². The van der Waals surface area contributed by atoms with E-state index in [1.54, 1.807) is 7.11 Å². The number of halogens is 2. The highest BCUT2D eigenvalue weighted by atomic mass is 79.9. The Morgan fingerprint density at radius 2 is 2.30 bits per heavy atom. The number of nitrogens with two attached hydrogens (primary N) is 1. The van der Waals surface area contributed by atoms with Crippen LogP contribution in [0.3, 0.4) is 0 Å². The molecule has 1 aliphatic heterocycles. The third kappa shape index (κ3) is 2.22. The van der Waals surface area contributed by atoms with E-state index in [1.165, 1.54) is 12.8 Å². The minimum atomic E-state index is -0.147. The van der Waals surface area contributed by atoms with Crippen molar-refractivity contribution < 1.29 is 4.74 Å². The highest BCUT2D eigenvalue weighted by Gasteiger charge is 2.53. The molecule has 108 valence electrons. The van der Waals surface area contributed by atoms with E-state index in [1.807, 2.05) is 18.2 Å². The largest absolute Gasteiger partial charge is 0.382 e. The van der Waals surface area contributed by atoms with Gasteiger partial charge in [-0.1, -0.05) is 11.6 Å². The van der Waals surface area contributed by atoms with Gasteiger partial charge in [-0.25, -0.2) is 0 Å². The van der Waals surface area contributed by atoms with E-state index < -0.39 is 0 Å². The topological polar surface area (TPSA) is 50.9 Å². The van der Waals surface area contributed by atoms with Crippen LogP contribution in [-0.2, 0) is 4.74 Å². The number of rotatable bonds is 4. The first-order valence-corrected chi connectivity index (χ1v) is 7.80. The van der Waals surface area contributed by atoms with Crippen molar-refractivity contribution in [1.29, 1.82) is 0 Å². The van der Waals surface area contributed by atoms with E-state index in [2.05, 4.69) is 25.8 Å². The van der Waals surface area contributed by atoms with Gasteiger partial charge in [0.15, 0.2) is 5.96 Å². The van der Waals surface area contributed by atoms with Gasteiger partial charge in [-0.05, 0) is 52.9 Å². The second-order valence-electron chi connectivity index (χ2n) is 5.42. The van der Waals surface area contributed by atoms with Crippen molar-refractivity contribution in [3.63, 3.8) is 0 Å². The smallest absolute Gasteiger partial charge is 0.196 e. The van der Waals surface area contributed by atoms with Crippen molar-refractivity contribution in [2.45, 2.75) is 18.4 Å². The Morgan fingerprint density at radius 3 is 2.90 bits per heavy atom. The van der Waals surface area contributed by atoms with E-state index in [0.29, 0.717) is 30.1 Å². The van der Waals surface area contributed by atoms with Gasteiger partial charge >= 0.3 is 0 Å². The Kier molecular flexibility index (Phi) is 3.69. The highest BCUT2D eigenvalue weighted by Crippen LogP contribution is 2.47. The molecular weight excluding hydrogens is 342 g/mol. The van der Waals surface area contributed by atoms with Crippen LogP contribution < -0.4 is 10.6 Å². The molecule has 0 radical (unpaired) electrons. The van der Waals surface area contributed by atoms with Crippen LogP contribution >= 0.6 is 27.5 Å². The molecule has 1 saturated carbocycles. The average Bonchev–Trinajstić information content (AvgIpc) is 3.21. The molecule has 0 bridgehead atoms. The monoisotopic (exact) mass is 357 g/mol. The van der Waals surface area contributed by atoms with Crippen molar-refractivity contribution >= 4 is 39.2 Å². The quantitative estimate of drug-likeness (QED) is 0.900. The standard InChI is InChI=1S/C14H17BrClN3O/c1-20-8-14(9-2-3-9)7-18-13(17)19(14)10-4-5-12(16)11(15)6-10/h4-6,9H,2-3,7-8H2,1H3,(H2,17,18). The Morgan fingerprint density at radius 1 is 1.55 bits per heavy atom. The average molecular weight is 359 g/mol. The molecule has 1 unspecified atom stereocenters. The number of guanidine groups is 1. The molecule has 1 fully saturated rings. The summed E-state index contributed by atoms with van der Waals surface area (Å²) in [5.41, 5.74) is 7.00. The van der Waals surface area contributed by atoms with Gasteiger partial charge in [-0.2, -0.15) is 0 Å². The summed E-state index contributed by atoms with van der Waals surface area (Å²) in [4.78, 5) is 6.59. The number of hydrogen-bond acceptors (Lipinski definition) is 4. The predicted octanol–water partition coefficient (Wildman–Crippen LogP) is 3.03. The summed E-state index contributed by atoms with van der Waals surface area (Å²) in [5, 5.41) is 0.687. The van der Waals surface area contributed by atoms with Crippen LogP contribution in [0.1, 0.15) is 12.8 Å². The van der Waals surface area contributed by atoms with E-state index in [-0.39, 0.29) is 5.54 Å². The van der Waals surface area contributed by atoms with Crippen LogP contribution in [0.5, 0.6) is 0 Å². The lowest BCUT2D eigenvalue weighted by atomic mass is 9.92. The maximum absolute atomic E-state index is 6.14. The number of nitrogens with zero attached hydrogens (tertiary/aromatic N) is 2. The molecule has 0 aromatic heterocycles. The van der Waals surface area contributed by atoms with Gasteiger partial charge in [0.25, 0.3) is 0 Å². The molecule has 0 saturated heterocycles. The normalized spacial score (nSPS) is 25.9. The van der Waals surface area contributed by atoms with Crippen molar-refractivity contribution in [2.24, 2.45) is 16.6 Å². The molecule has 4 nitrogen and oxygen atoms in total. The lowest BCUT2D eigenvalue weighted by molar-refractivity contribution is 0.129. The van der Waals surface area contributed by atoms with Crippen LogP contribution in [0.15, 0.2) is 27.7 Å². The first kappa shape index (κ1) is 14.2. The summed E-state index contributed by atoms with van der Waals surface area (Å²) in [6.45, 7) is 1.32. The van der Waals surface area contributed by atoms with E-state index >= 15 is 0 Å². The van der Waals surface area contributed by atoms with Gasteiger partial charge in [0.1, 0.15) is 0 Å². The minimum Gasteiger partial charge on any atom is -0.382 e. The van der Waals surface area contributed by atoms with Crippen LogP contribution in [0.2, 0.25) is 5.02 Å². The zero-order valence-corrected chi connectivity index (χ0v) is 13.6. The van der Waals surface area contributed by atoms with Crippen molar-refractivity contribution in [1.82, 2.24) is 0 Å². The first-order valence-electron chi connectivity index (χ1n) is 6.62. The van der Waals surface area contributed by atoms with Crippen LogP contribution in [-0.4, -0.2) is 31.8 Å². The number of anilines is 1. The summed E-state index contributed by atoms with van der Waals surface area (Å²) < 4.78 is 6.34. The van der Waals surface area contributed by atoms with E-state index in [0.717, 1.165) is 10.2 Å². The molecule has 0 spiro atoms. The summed E-state index contributed by atoms with van der Waals surface area (Å²) in [5.74, 6) is 1.14. The number of hydrogen-bond donors (Lipinski definition) is 1. The molecule has 1 aromatic carbocycles. The Labute approximate surface area is 132 Å². The molecule has 0 amide bonds. The minimum absolute atomic E-state index is 0.147. The molecule has 1 atom stereocenters. The predicted molar refractivity (Wildman–Crippen MR) is 85.5 cm³/mol. The molecule has 3 rings (SSSR count). The number of benzene rings is 1. The molecule has 2 N–H and O–H groups in total. The molecule has 6 heteroatoms. The number of ether oxygens (including phenoxy) is 1. The molecule has 1 aliphatic carbocycles. The first-order chi connectivity index (χ1) is 9.58. The zero-order chi connectivity index (χ0) is 14.3. The molecule has 2 aliphatic rings. The summed E-state index contributed by atoms with van der Waals surface area (Å²) in [7, 11) is 1.73. The van der Waals surface area contributed by atoms with Gasteiger partial charge in [-0.3, -0.25) is 4.99 Å². The van der Waals surface area contributed by atoms with Crippen LogP contribution in [0.4, 0.5) is 5.69 Å². The van der Waals surface area contributed by atoms with Gasteiger partial charge < -0.3 is 15.4 Å². The van der Waals surface area contributed by atoms with Crippen molar-refractivity contribution in [3.05, 3.63) is 27.7 Å². The second kappa shape index (κ2) is 5.20. The maximum Gasteiger partial charge on any atom is 0.196 e. The summed E-state index contributed by atoms with van der Waals surface area (Å²) in [6, 6.07) is 5.84. The molecule has 1 aromatic rings. The van der Waals surface area contributed by atoms with Crippen LogP contribution in [0.25, 0.3) is 0 Å². The molecule has 20 heavy (non-hydrogen) atoms. The lowest BCUT2D eigenvalue weighted by Crippen LogP contribution is -2.56. The Balaban J connectivity index is 2.02. The zero-order valence-electron chi connectivity index (χ0n) is 11.3. The van der Waals surface area contributed by atoms with E-state index in [4.69, 9.17) is 22.1 Å². The van der Waals surface area contributed by atoms with Gasteiger partial charge in [0.2, 0.25) is 0 Å². The lowest BCUT2D eigenvalue weighted by Gasteiger charge is -2.39. The summed E-state index contributed by atoms with van der Waals surface area (Å²) in [6.07, 6.45) is 2.41. The number of methoxy groups -OCH3 is 1. The SMILES string of the molecule is COCC1(C2CC2)CN=C(N)N1c1ccc(Cl)c(Br)c1. The Hall–Kier alpha value is -0.780. The van der Waals surface area contributed by atoms with Gasteiger partial charge in [0, 0.05) is 17.3 Å². The summed E-state index contributed by atoms with van der Waals surface area (Å²) >= 11 is 9.55. The number of aliphatic imine (C=N–C) groups is 1. The fourth-order valence-electron chi connectivity index (χ4n) is 3.01. The molecule has 1 heterocycles. The Bertz CT molecular complexity index is 561. The fraction of sp³-hybridized carbons (Fsp3) is 0.500.